The van der Waals surface area contributed by atoms with Crippen LogP contribution < -0.4 is 19.9 Å². The number of hydrogen-bond acceptors (Lipinski definition) is 5. The van der Waals surface area contributed by atoms with Gasteiger partial charge in [0, 0.05) is 23.9 Å². The van der Waals surface area contributed by atoms with Gasteiger partial charge in [0.05, 0.1) is 19.9 Å². The van der Waals surface area contributed by atoms with Crippen molar-refractivity contribution < 1.29 is 24.2 Å². The molecule has 6 heteroatoms. The summed E-state index contributed by atoms with van der Waals surface area (Å²) in [5, 5.41) is 14.0. The Kier molecular flexibility index (Phi) is 5.25. The Balaban J connectivity index is 2.18. The van der Waals surface area contributed by atoms with Gasteiger partial charge in [0.1, 0.15) is 11.5 Å². The molecule has 1 aliphatic carbocycles. The summed E-state index contributed by atoms with van der Waals surface area (Å²) in [6.45, 7) is 0. The van der Waals surface area contributed by atoms with Crippen molar-refractivity contribution in [3.63, 3.8) is 0 Å². The van der Waals surface area contributed by atoms with Crippen LogP contribution in [-0.2, 0) is 9.59 Å². The van der Waals surface area contributed by atoms with Crippen molar-refractivity contribution in [3.05, 3.63) is 18.2 Å². The maximum absolute atomic E-state index is 12.5. The Hall–Kier alpha value is -2.24. The summed E-state index contributed by atoms with van der Waals surface area (Å²) in [7, 11) is 3.03. The van der Waals surface area contributed by atoms with Gasteiger partial charge in [0.25, 0.3) is 0 Å². The van der Waals surface area contributed by atoms with Crippen molar-refractivity contribution in [2.24, 2.45) is 11.8 Å². The van der Waals surface area contributed by atoms with Crippen LogP contribution in [0.15, 0.2) is 18.2 Å². The number of anilines is 1. The fraction of sp³-hybridized carbons (Fsp3) is 0.500. The van der Waals surface area contributed by atoms with Crippen LogP contribution in [0.1, 0.15) is 25.7 Å². The largest absolute Gasteiger partial charge is 0.550 e. The van der Waals surface area contributed by atoms with Crippen molar-refractivity contribution in [1.29, 1.82) is 0 Å². The number of methoxy groups -OCH3 is 2. The standard InChI is InChI=1S/C16H21NO5/c1-21-10-7-8-14(22-2)13(9-10)17-15(18)11-5-3-4-6-12(11)16(19)20/h7-9,11-12H,3-6H2,1-2H3,(H,17,18)(H,19,20)/p-1/t11-,12-/m0/s1. The number of carbonyl (C=O) groups is 2. The molecule has 0 aromatic heterocycles. The molecule has 0 heterocycles. The summed E-state index contributed by atoms with van der Waals surface area (Å²) >= 11 is 0. The molecule has 0 saturated heterocycles. The molecule has 2 rings (SSSR count). The zero-order valence-electron chi connectivity index (χ0n) is 12.8. The van der Waals surface area contributed by atoms with Gasteiger partial charge in [-0.05, 0) is 25.0 Å². The second-order valence-corrected chi connectivity index (χ2v) is 5.37. The smallest absolute Gasteiger partial charge is 0.228 e. The topological polar surface area (TPSA) is 87.7 Å². The molecular weight excluding hydrogens is 286 g/mol. The van der Waals surface area contributed by atoms with Crippen LogP contribution >= 0.6 is 0 Å². The minimum Gasteiger partial charge on any atom is -0.550 e. The molecule has 1 aliphatic rings. The Bertz CT molecular complexity index is 557. The Morgan fingerprint density at radius 1 is 1.14 bits per heavy atom. The molecular formula is C16H20NO5-. The highest BCUT2D eigenvalue weighted by Crippen LogP contribution is 2.33. The molecule has 2 atom stereocenters. The van der Waals surface area contributed by atoms with Gasteiger partial charge in [-0.3, -0.25) is 4.79 Å². The van der Waals surface area contributed by atoms with Crippen LogP contribution in [0, 0.1) is 11.8 Å². The number of carbonyl (C=O) groups excluding carboxylic acids is 2. The third kappa shape index (κ3) is 3.50. The summed E-state index contributed by atoms with van der Waals surface area (Å²) in [6, 6.07) is 5.05. The molecule has 22 heavy (non-hydrogen) atoms. The van der Waals surface area contributed by atoms with Crippen LogP contribution in [0.5, 0.6) is 11.5 Å². The van der Waals surface area contributed by atoms with E-state index in [9.17, 15) is 14.7 Å². The second kappa shape index (κ2) is 7.15. The van der Waals surface area contributed by atoms with Gasteiger partial charge in [-0.25, -0.2) is 0 Å². The van der Waals surface area contributed by atoms with Crippen molar-refractivity contribution >= 4 is 17.6 Å². The molecule has 0 unspecified atom stereocenters. The highest BCUT2D eigenvalue weighted by atomic mass is 16.5. The highest BCUT2D eigenvalue weighted by Gasteiger charge is 2.32. The normalized spacial score (nSPS) is 21.0. The maximum atomic E-state index is 12.5. The lowest BCUT2D eigenvalue weighted by molar-refractivity contribution is -0.313. The van der Waals surface area contributed by atoms with E-state index in [0.29, 0.717) is 30.0 Å². The molecule has 1 aromatic carbocycles. The predicted octanol–water partition coefficient (Wildman–Crippen LogP) is 1.20. The molecule has 6 nitrogen and oxygen atoms in total. The van der Waals surface area contributed by atoms with Crippen molar-refractivity contribution in [2.75, 3.05) is 19.5 Å². The van der Waals surface area contributed by atoms with E-state index in [1.807, 2.05) is 0 Å². The van der Waals surface area contributed by atoms with Crippen molar-refractivity contribution in [1.82, 2.24) is 0 Å². The number of hydrogen-bond donors (Lipinski definition) is 1. The van der Waals surface area contributed by atoms with E-state index < -0.39 is 17.8 Å². The zero-order chi connectivity index (χ0) is 16.1. The fourth-order valence-corrected chi connectivity index (χ4v) is 2.86. The average molecular weight is 306 g/mol. The second-order valence-electron chi connectivity index (χ2n) is 5.37. The molecule has 0 bridgehead atoms. The molecule has 1 fully saturated rings. The number of carboxylic acid groups (broad SMARTS) is 1. The molecule has 0 spiro atoms. The van der Waals surface area contributed by atoms with Crippen LogP contribution in [-0.4, -0.2) is 26.1 Å². The summed E-state index contributed by atoms with van der Waals surface area (Å²) < 4.78 is 10.3. The highest BCUT2D eigenvalue weighted by molar-refractivity contribution is 5.96. The Morgan fingerprint density at radius 3 is 2.41 bits per heavy atom. The van der Waals surface area contributed by atoms with E-state index in [-0.39, 0.29) is 5.91 Å². The average Bonchev–Trinajstić information content (AvgIpc) is 2.54. The molecule has 0 aliphatic heterocycles. The molecule has 1 aromatic rings. The maximum Gasteiger partial charge on any atom is 0.228 e. The van der Waals surface area contributed by atoms with Crippen LogP contribution in [0.2, 0.25) is 0 Å². The van der Waals surface area contributed by atoms with Crippen molar-refractivity contribution in [3.8, 4) is 11.5 Å². The lowest BCUT2D eigenvalue weighted by atomic mass is 9.78. The van der Waals surface area contributed by atoms with E-state index in [4.69, 9.17) is 9.47 Å². The van der Waals surface area contributed by atoms with Crippen molar-refractivity contribution in [2.45, 2.75) is 25.7 Å². The Morgan fingerprint density at radius 2 is 1.82 bits per heavy atom. The van der Waals surface area contributed by atoms with Gasteiger partial charge in [0.2, 0.25) is 5.91 Å². The molecule has 1 amide bonds. The minimum absolute atomic E-state index is 0.319. The van der Waals surface area contributed by atoms with Gasteiger partial charge < -0.3 is 24.7 Å². The van der Waals surface area contributed by atoms with E-state index >= 15 is 0 Å². The van der Waals surface area contributed by atoms with Gasteiger partial charge in [0.15, 0.2) is 0 Å². The van der Waals surface area contributed by atoms with E-state index in [0.717, 1.165) is 12.8 Å². The first-order valence-corrected chi connectivity index (χ1v) is 7.30. The molecule has 1 saturated carbocycles. The number of ether oxygens (including phenoxy) is 2. The molecule has 1 N–H and O–H groups in total. The van der Waals surface area contributed by atoms with Crippen LogP contribution in [0.3, 0.4) is 0 Å². The lowest BCUT2D eigenvalue weighted by Crippen LogP contribution is -2.42. The fourth-order valence-electron chi connectivity index (χ4n) is 2.86. The first-order valence-electron chi connectivity index (χ1n) is 7.30. The minimum atomic E-state index is -1.16. The molecule has 120 valence electrons. The number of benzene rings is 1. The van der Waals surface area contributed by atoms with Gasteiger partial charge in [-0.15, -0.1) is 0 Å². The summed E-state index contributed by atoms with van der Waals surface area (Å²) in [5.41, 5.74) is 0.467. The third-order valence-electron chi connectivity index (χ3n) is 4.07. The number of amides is 1. The number of nitrogens with one attached hydrogen (secondary N) is 1. The van der Waals surface area contributed by atoms with E-state index in [2.05, 4.69) is 5.32 Å². The summed E-state index contributed by atoms with van der Waals surface area (Å²) in [4.78, 5) is 23.7. The van der Waals surface area contributed by atoms with Gasteiger partial charge in [-0.2, -0.15) is 0 Å². The summed E-state index contributed by atoms with van der Waals surface area (Å²) in [6.07, 6.45) is 2.69. The first-order chi connectivity index (χ1) is 10.6. The summed E-state index contributed by atoms with van der Waals surface area (Å²) in [5.74, 6) is -1.70. The van der Waals surface area contributed by atoms with Gasteiger partial charge >= 0.3 is 0 Å². The van der Waals surface area contributed by atoms with Crippen LogP contribution in [0.4, 0.5) is 5.69 Å². The third-order valence-corrected chi connectivity index (χ3v) is 4.07. The van der Waals surface area contributed by atoms with E-state index in [1.165, 1.54) is 14.2 Å². The van der Waals surface area contributed by atoms with E-state index in [1.54, 1.807) is 18.2 Å². The lowest BCUT2D eigenvalue weighted by Gasteiger charge is -2.31. The monoisotopic (exact) mass is 306 g/mol. The quantitative estimate of drug-likeness (QED) is 0.883. The zero-order valence-corrected chi connectivity index (χ0v) is 12.8. The van der Waals surface area contributed by atoms with Crippen LogP contribution in [0.25, 0.3) is 0 Å². The first kappa shape index (κ1) is 16.1. The van der Waals surface area contributed by atoms with Gasteiger partial charge in [-0.1, -0.05) is 12.8 Å². The predicted molar refractivity (Wildman–Crippen MR) is 78.6 cm³/mol. The number of aliphatic carboxylic acids is 1. The number of rotatable bonds is 5. The molecule has 0 radical (unpaired) electrons. The number of carboxylic acids is 1. The Labute approximate surface area is 129 Å². The SMILES string of the molecule is COc1ccc(OC)c(NC(=O)[C@H]2CCCC[C@@H]2C(=O)[O-])c1.